The maximum Gasteiger partial charge on any atom is 0.343 e. The summed E-state index contributed by atoms with van der Waals surface area (Å²) in [4.78, 5) is 26.3. The number of halogens is 4. The second-order valence-corrected chi connectivity index (χ2v) is 9.87. The fourth-order valence-electron chi connectivity index (χ4n) is 3.21. The van der Waals surface area contributed by atoms with Gasteiger partial charge in [-0.15, -0.1) is 28.0 Å². The van der Waals surface area contributed by atoms with Crippen LogP contribution < -0.4 is 4.74 Å². The van der Waals surface area contributed by atoms with E-state index in [1.54, 1.807) is 36.7 Å². The van der Waals surface area contributed by atoms with Crippen molar-refractivity contribution in [3.8, 4) is 11.7 Å². The molecule has 0 bridgehead atoms. The van der Waals surface area contributed by atoms with Crippen molar-refractivity contribution in [1.29, 1.82) is 0 Å². The molecule has 13 heteroatoms. The molecular formula is C20H11Cl4N5O3S. The maximum absolute atomic E-state index is 12.7. The number of hydrogen-bond donors (Lipinski definition) is 0. The Labute approximate surface area is 211 Å². The molecule has 3 aromatic heterocycles. The summed E-state index contributed by atoms with van der Waals surface area (Å²) in [5, 5.41) is 4.50. The number of carbonyl (C=O) groups excluding carboxylic acids is 1. The Kier molecular flexibility index (Phi) is 6.15. The number of cyclic esters (lactones) is 1. The van der Waals surface area contributed by atoms with Crippen molar-refractivity contribution in [3.05, 3.63) is 73.4 Å². The zero-order valence-corrected chi connectivity index (χ0v) is 20.1. The molecule has 5 rings (SSSR count). The Balaban J connectivity index is 1.55. The van der Waals surface area contributed by atoms with Gasteiger partial charge in [-0.3, -0.25) is 0 Å². The average Bonchev–Trinajstić information content (AvgIpc) is 3.39. The number of allylic oxidation sites excluding steroid dienone is 2. The van der Waals surface area contributed by atoms with Crippen molar-refractivity contribution in [1.82, 2.24) is 19.7 Å². The lowest BCUT2D eigenvalue weighted by Gasteiger charge is -2.27. The van der Waals surface area contributed by atoms with Gasteiger partial charge in [-0.25, -0.2) is 24.4 Å². The molecule has 2 unspecified atom stereocenters. The predicted octanol–water partition coefficient (Wildman–Crippen LogP) is 4.95. The Morgan fingerprint density at radius 3 is 2.85 bits per heavy atom. The highest BCUT2D eigenvalue weighted by Gasteiger charge is 2.37. The Bertz CT molecular complexity index is 1350. The van der Waals surface area contributed by atoms with Crippen LogP contribution in [0.3, 0.4) is 0 Å². The lowest BCUT2D eigenvalue weighted by Crippen LogP contribution is -2.36. The van der Waals surface area contributed by atoms with Crippen LogP contribution in [-0.4, -0.2) is 43.0 Å². The highest BCUT2D eigenvalue weighted by molar-refractivity contribution is 7.15. The van der Waals surface area contributed by atoms with Gasteiger partial charge >= 0.3 is 5.97 Å². The number of thiazole rings is 1. The van der Waals surface area contributed by atoms with E-state index in [0.717, 1.165) is 4.88 Å². The minimum atomic E-state index is -0.670. The van der Waals surface area contributed by atoms with E-state index in [9.17, 15) is 4.79 Å². The lowest BCUT2D eigenvalue weighted by molar-refractivity contribution is -0.132. The third kappa shape index (κ3) is 4.51. The highest BCUT2D eigenvalue weighted by Crippen LogP contribution is 2.32. The normalized spacial score (nSPS) is 19.9. The first-order valence-electron chi connectivity index (χ1n) is 9.36. The number of pyridine rings is 1. The van der Waals surface area contributed by atoms with E-state index in [1.807, 2.05) is 0 Å². The Morgan fingerprint density at radius 1 is 1.24 bits per heavy atom. The summed E-state index contributed by atoms with van der Waals surface area (Å²) < 4.78 is 13.1. The van der Waals surface area contributed by atoms with Crippen LogP contribution in [0.15, 0.2) is 58.3 Å². The summed E-state index contributed by atoms with van der Waals surface area (Å²) >= 11 is 26.0. The number of nitrogens with zero attached hydrogens (tertiary/aromatic N) is 5. The number of alkyl halides is 1. The maximum atomic E-state index is 12.7. The highest BCUT2D eigenvalue weighted by atomic mass is 35.5. The molecule has 0 N–H and O–H groups in total. The first-order chi connectivity index (χ1) is 15.9. The Hall–Kier alpha value is -2.43. The van der Waals surface area contributed by atoms with Crippen molar-refractivity contribution < 1.29 is 14.3 Å². The summed E-state index contributed by atoms with van der Waals surface area (Å²) in [5.41, 5.74) is 0.580. The van der Waals surface area contributed by atoms with E-state index in [4.69, 9.17) is 55.9 Å². The van der Waals surface area contributed by atoms with Gasteiger partial charge in [0.1, 0.15) is 18.3 Å². The van der Waals surface area contributed by atoms with Crippen molar-refractivity contribution in [2.45, 2.75) is 18.0 Å². The molecule has 0 saturated carbocycles. The number of esters is 1. The van der Waals surface area contributed by atoms with Crippen LogP contribution in [0, 0.1) is 0 Å². The van der Waals surface area contributed by atoms with Gasteiger partial charge in [-0.05, 0) is 24.3 Å². The molecule has 2 atom stereocenters. The molecule has 0 spiro atoms. The standard InChI is InChI=1S/C20H11Cl4N5O3S/c21-9-4-11-16(13(23)5-9)27-18(32-19(11)30)14-6-15(31-8-10-7-26-20(24)33-10)28-29(14)17-12(22)2-1-3-25-17/h1-7,13,16H,8H2. The number of fused-ring (bicyclic) bond motifs is 1. The van der Waals surface area contributed by atoms with Gasteiger partial charge in [0.05, 0.1) is 20.8 Å². The van der Waals surface area contributed by atoms with Crippen molar-refractivity contribution in [3.63, 3.8) is 0 Å². The minimum absolute atomic E-state index is 0.00382. The fraction of sp³-hybridized carbons (Fsp3) is 0.150. The van der Waals surface area contributed by atoms with Crippen LogP contribution in [0.25, 0.3) is 5.82 Å². The molecular weight excluding hydrogens is 532 g/mol. The Morgan fingerprint density at radius 2 is 2.09 bits per heavy atom. The van der Waals surface area contributed by atoms with Crippen LogP contribution in [0.1, 0.15) is 10.6 Å². The van der Waals surface area contributed by atoms with Crippen molar-refractivity contribution in [2.75, 3.05) is 0 Å². The third-order valence-electron chi connectivity index (χ3n) is 4.65. The molecule has 0 saturated heterocycles. The van der Waals surface area contributed by atoms with Crippen molar-refractivity contribution in [2.24, 2.45) is 4.99 Å². The molecule has 1 aliphatic carbocycles. The van der Waals surface area contributed by atoms with E-state index in [1.165, 1.54) is 22.1 Å². The molecule has 1 aliphatic heterocycles. The molecule has 3 aromatic rings. The van der Waals surface area contributed by atoms with Gasteiger partial charge in [0.15, 0.2) is 10.3 Å². The van der Waals surface area contributed by atoms with E-state index in [0.29, 0.717) is 26.0 Å². The summed E-state index contributed by atoms with van der Waals surface area (Å²) in [5.74, 6) is -0.0723. The van der Waals surface area contributed by atoms with Gasteiger partial charge in [0, 0.05) is 23.5 Å². The van der Waals surface area contributed by atoms with E-state index in [-0.39, 0.29) is 24.0 Å². The average molecular weight is 543 g/mol. The fourth-order valence-corrected chi connectivity index (χ4v) is 4.95. The van der Waals surface area contributed by atoms with E-state index < -0.39 is 17.4 Å². The van der Waals surface area contributed by atoms with Crippen LogP contribution >= 0.6 is 57.7 Å². The number of carbonyl (C=O) groups is 1. The van der Waals surface area contributed by atoms with Crippen LogP contribution in [0.4, 0.5) is 0 Å². The summed E-state index contributed by atoms with van der Waals surface area (Å²) in [6.07, 6.45) is 6.28. The van der Waals surface area contributed by atoms with Crippen molar-refractivity contribution >= 4 is 69.6 Å². The number of ether oxygens (including phenoxy) is 2. The summed E-state index contributed by atoms with van der Waals surface area (Å²) in [6.45, 7) is 0.186. The molecule has 168 valence electrons. The first kappa shape index (κ1) is 22.4. The molecule has 2 aliphatic rings. The number of aromatic nitrogens is 4. The molecule has 0 radical (unpaired) electrons. The monoisotopic (exact) mass is 541 g/mol. The van der Waals surface area contributed by atoms with Gasteiger partial charge in [-0.1, -0.05) is 34.8 Å². The van der Waals surface area contributed by atoms with Crippen LogP contribution in [0.2, 0.25) is 9.49 Å². The molecule has 33 heavy (non-hydrogen) atoms. The molecule has 0 amide bonds. The SMILES string of the molecule is O=C1OC(c2cc(OCc3cnc(Cl)s3)nn2-c2ncccc2Cl)=NC2C1=CC(Cl)=CC2Cl. The summed E-state index contributed by atoms with van der Waals surface area (Å²) in [7, 11) is 0. The molecule has 0 aromatic carbocycles. The third-order valence-corrected chi connectivity index (χ3v) is 6.63. The second-order valence-electron chi connectivity index (χ2n) is 6.82. The minimum Gasteiger partial charge on any atom is -0.471 e. The zero-order valence-electron chi connectivity index (χ0n) is 16.3. The largest absolute Gasteiger partial charge is 0.471 e. The van der Waals surface area contributed by atoms with Crippen LogP contribution in [0.5, 0.6) is 5.88 Å². The number of aliphatic imine (C=N–C) groups is 1. The first-order valence-corrected chi connectivity index (χ1v) is 11.7. The van der Waals surface area contributed by atoms with Gasteiger partial charge in [0.25, 0.3) is 0 Å². The second kappa shape index (κ2) is 9.08. The smallest absolute Gasteiger partial charge is 0.343 e. The van der Waals surface area contributed by atoms with E-state index >= 15 is 0 Å². The molecule has 0 fully saturated rings. The topological polar surface area (TPSA) is 91.5 Å². The van der Waals surface area contributed by atoms with Gasteiger partial charge in [0.2, 0.25) is 11.8 Å². The quantitative estimate of drug-likeness (QED) is 0.334. The predicted molar refractivity (Wildman–Crippen MR) is 126 cm³/mol. The van der Waals surface area contributed by atoms with E-state index in [2.05, 4.69) is 20.1 Å². The van der Waals surface area contributed by atoms with Gasteiger partial charge < -0.3 is 9.47 Å². The van der Waals surface area contributed by atoms with Gasteiger partial charge in [-0.2, -0.15) is 0 Å². The lowest BCUT2D eigenvalue weighted by atomic mass is 9.98. The zero-order chi connectivity index (χ0) is 23.1. The molecule has 8 nitrogen and oxygen atoms in total. The van der Waals surface area contributed by atoms with Crippen LogP contribution in [-0.2, 0) is 16.1 Å². The number of rotatable bonds is 5. The molecule has 4 heterocycles. The number of hydrogen-bond acceptors (Lipinski definition) is 8. The summed E-state index contributed by atoms with van der Waals surface area (Å²) in [6, 6.07) is 4.25.